The molecule has 0 saturated heterocycles. The quantitative estimate of drug-likeness (QED) is 0.775. The molecule has 6 nitrogen and oxygen atoms in total. The van der Waals surface area contributed by atoms with E-state index in [1.807, 2.05) is 0 Å². The van der Waals surface area contributed by atoms with Gasteiger partial charge in [0.15, 0.2) is 5.82 Å². The Balaban J connectivity index is 2.88. The van der Waals surface area contributed by atoms with Gasteiger partial charge in [-0.25, -0.2) is 4.98 Å². The number of hydrogen-bond donors (Lipinski definition) is 3. The monoisotopic (exact) mass is 308 g/mol. The number of aromatic nitrogens is 1. The molecule has 1 aromatic rings. The number of nitrogens with one attached hydrogen (secondary N) is 2. The van der Waals surface area contributed by atoms with Crippen LogP contribution in [-0.4, -0.2) is 19.4 Å². The predicted molar refractivity (Wildman–Crippen MR) is 67.2 cm³/mol. The highest BCUT2D eigenvalue weighted by Crippen LogP contribution is 2.22. The molecule has 0 bridgehead atoms. The van der Waals surface area contributed by atoms with Crippen LogP contribution in [0.15, 0.2) is 16.7 Å². The van der Waals surface area contributed by atoms with E-state index in [0.717, 1.165) is 0 Å². The van der Waals surface area contributed by atoms with Crippen molar-refractivity contribution in [2.24, 2.45) is 0 Å². The van der Waals surface area contributed by atoms with Crippen molar-refractivity contribution in [2.45, 2.75) is 19.9 Å². The minimum Gasteiger partial charge on any atom is -0.397 e. The van der Waals surface area contributed by atoms with E-state index < -0.39 is 10.2 Å². The highest BCUT2D eigenvalue weighted by atomic mass is 79.9. The lowest BCUT2D eigenvalue weighted by Gasteiger charge is -2.12. The van der Waals surface area contributed by atoms with Crippen molar-refractivity contribution >= 4 is 37.6 Å². The molecule has 0 spiro atoms. The topological polar surface area (TPSA) is 97.1 Å². The number of nitrogen functional groups attached to an aromatic ring is 1. The van der Waals surface area contributed by atoms with Crippen LogP contribution in [-0.2, 0) is 10.2 Å². The third-order valence-corrected chi connectivity index (χ3v) is 3.33. The Morgan fingerprint density at radius 1 is 1.50 bits per heavy atom. The SMILES string of the molecule is CC(C)NS(=O)(=O)Nc1ncc(N)cc1Br. The zero-order chi connectivity index (χ0) is 12.3. The molecular formula is C8H13BrN4O2S. The molecule has 0 amide bonds. The molecule has 4 N–H and O–H groups in total. The highest BCUT2D eigenvalue weighted by molar-refractivity contribution is 9.10. The smallest absolute Gasteiger partial charge is 0.300 e. The number of pyridine rings is 1. The van der Waals surface area contributed by atoms with Crippen LogP contribution in [0, 0.1) is 0 Å². The third-order valence-electron chi connectivity index (χ3n) is 1.48. The van der Waals surface area contributed by atoms with E-state index in [0.29, 0.717) is 10.2 Å². The van der Waals surface area contributed by atoms with Crippen molar-refractivity contribution < 1.29 is 8.42 Å². The van der Waals surface area contributed by atoms with Crippen LogP contribution in [0.3, 0.4) is 0 Å². The van der Waals surface area contributed by atoms with Crippen molar-refractivity contribution in [3.63, 3.8) is 0 Å². The van der Waals surface area contributed by atoms with Gasteiger partial charge >= 0.3 is 10.2 Å². The van der Waals surface area contributed by atoms with Gasteiger partial charge in [0.05, 0.1) is 16.4 Å². The zero-order valence-electron chi connectivity index (χ0n) is 8.86. The van der Waals surface area contributed by atoms with Gasteiger partial charge in [-0.1, -0.05) is 0 Å². The zero-order valence-corrected chi connectivity index (χ0v) is 11.3. The molecule has 0 aromatic carbocycles. The maximum Gasteiger partial charge on any atom is 0.300 e. The second-order valence-corrected chi connectivity index (χ2v) is 5.78. The van der Waals surface area contributed by atoms with E-state index in [9.17, 15) is 8.42 Å². The molecule has 0 atom stereocenters. The van der Waals surface area contributed by atoms with Gasteiger partial charge in [-0.2, -0.15) is 13.1 Å². The van der Waals surface area contributed by atoms with Crippen LogP contribution in [0.2, 0.25) is 0 Å². The average Bonchev–Trinajstić information content (AvgIpc) is 2.07. The first-order valence-corrected chi connectivity index (χ1v) is 6.79. The van der Waals surface area contributed by atoms with E-state index in [2.05, 4.69) is 30.4 Å². The number of halogens is 1. The molecule has 1 rings (SSSR count). The normalized spacial score (nSPS) is 11.8. The Morgan fingerprint density at radius 3 is 2.62 bits per heavy atom. The number of nitrogens with zero attached hydrogens (tertiary/aromatic N) is 1. The molecule has 0 unspecified atom stereocenters. The lowest BCUT2D eigenvalue weighted by molar-refractivity contribution is 0.575. The Kier molecular flexibility index (Phi) is 4.11. The number of rotatable bonds is 4. The Labute approximate surface area is 103 Å². The lowest BCUT2D eigenvalue weighted by atomic mass is 10.4. The summed E-state index contributed by atoms with van der Waals surface area (Å²) in [5.74, 6) is 0.197. The molecule has 90 valence electrons. The first-order chi connectivity index (χ1) is 7.30. The summed E-state index contributed by atoms with van der Waals surface area (Å²) in [6, 6.07) is 1.38. The van der Waals surface area contributed by atoms with E-state index >= 15 is 0 Å². The van der Waals surface area contributed by atoms with Crippen LogP contribution < -0.4 is 15.2 Å². The molecular weight excluding hydrogens is 296 g/mol. The van der Waals surface area contributed by atoms with E-state index in [4.69, 9.17) is 5.73 Å². The predicted octanol–water partition coefficient (Wildman–Crippen LogP) is 1.08. The molecule has 1 aromatic heterocycles. The number of nitrogens with two attached hydrogens (primary N) is 1. The summed E-state index contributed by atoms with van der Waals surface area (Å²) >= 11 is 3.17. The van der Waals surface area contributed by atoms with Gasteiger partial charge in [0.2, 0.25) is 0 Å². The summed E-state index contributed by atoms with van der Waals surface area (Å²) in [4.78, 5) is 3.87. The van der Waals surface area contributed by atoms with E-state index in [-0.39, 0.29) is 11.9 Å². The van der Waals surface area contributed by atoms with Crippen LogP contribution in [0.4, 0.5) is 11.5 Å². The van der Waals surface area contributed by atoms with E-state index in [1.165, 1.54) is 6.20 Å². The summed E-state index contributed by atoms with van der Waals surface area (Å²) in [5, 5.41) is 0. The summed E-state index contributed by atoms with van der Waals surface area (Å²) in [6.07, 6.45) is 1.37. The summed E-state index contributed by atoms with van der Waals surface area (Å²) < 4.78 is 28.2. The van der Waals surface area contributed by atoms with Gasteiger partial charge in [-0.3, -0.25) is 4.72 Å². The Morgan fingerprint density at radius 2 is 2.12 bits per heavy atom. The van der Waals surface area contributed by atoms with Gasteiger partial charge in [0.25, 0.3) is 0 Å². The van der Waals surface area contributed by atoms with E-state index in [1.54, 1.807) is 19.9 Å². The molecule has 0 saturated carbocycles. The summed E-state index contributed by atoms with van der Waals surface area (Å²) in [7, 11) is -3.60. The van der Waals surface area contributed by atoms with Gasteiger partial charge < -0.3 is 5.73 Å². The fraction of sp³-hybridized carbons (Fsp3) is 0.375. The van der Waals surface area contributed by atoms with Gasteiger partial charge in [0, 0.05) is 6.04 Å². The van der Waals surface area contributed by atoms with Gasteiger partial charge in [0.1, 0.15) is 0 Å². The lowest BCUT2D eigenvalue weighted by Crippen LogP contribution is -2.35. The first-order valence-electron chi connectivity index (χ1n) is 4.51. The minimum atomic E-state index is -3.60. The largest absolute Gasteiger partial charge is 0.397 e. The highest BCUT2D eigenvalue weighted by Gasteiger charge is 2.13. The molecule has 0 radical (unpaired) electrons. The van der Waals surface area contributed by atoms with Gasteiger partial charge in [-0.05, 0) is 35.8 Å². The molecule has 0 aliphatic rings. The maximum absolute atomic E-state index is 11.5. The molecule has 8 heteroatoms. The van der Waals surface area contributed by atoms with Crippen molar-refractivity contribution in [3.8, 4) is 0 Å². The van der Waals surface area contributed by atoms with Crippen molar-refractivity contribution in [1.82, 2.24) is 9.71 Å². The second-order valence-electron chi connectivity index (χ2n) is 3.48. The molecule has 0 aliphatic heterocycles. The van der Waals surface area contributed by atoms with Crippen molar-refractivity contribution in [2.75, 3.05) is 10.5 Å². The average molecular weight is 309 g/mol. The number of anilines is 2. The minimum absolute atomic E-state index is 0.190. The summed E-state index contributed by atoms with van der Waals surface area (Å²) in [6.45, 7) is 3.45. The Hall–Kier alpha value is -0.860. The fourth-order valence-corrected chi connectivity index (χ4v) is 2.69. The number of hydrogen-bond acceptors (Lipinski definition) is 4. The standard InChI is InChI=1S/C8H13BrN4O2S/c1-5(2)12-16(14,15)13-8-7(9)3-6(10)4-11-8/h3-5,12H,10H2,1-2H3,(H,11,13). The van der Waals surface area contributed by atoms with Gasteiger partial charge in [-0.15, -0.1) is 0 Å². The van der Waals surface area contributed by atoms with Crippen molar-refractivity contribution in [1.29, 1.82) is 0 Å². The second kappa shape index (κ2) is 4.98. The first kappa shape index (κ1) is 13.2. The molecule has 0 fully saturated rings. The molecule has 16 heavy (non-hydrogen) atoms. The third kappa shape index (κ3) is 3.95. The van der Waals surface area contributed by atoms with Crippen LogP contribution in [0.1, 0.15) is 13.8 Å². The van der Waals surface area contributed by atoms with Crippen LogP contribution >= 0.6 is 15.9 Å². The molecule has 0 aliphatic carbocycles. The maximum atomic E-state index is 11.5. The summed E-state index contributed by atoms with van der Waals surface area (Å²) in [5.41, 5.74) is 5.94. The van der Waals surface area contributed by atoms with Crippen LogP contribution in [0.5, 0.6) is 0 Å². The Bertz CT molecular complexity index is 475. The van der Waals surface area contributed by atoms with Crippen LogP contribution in [0.25, 0.3) is 0 Å². The van der Waals surface area contributed by atoms with Crippen molar-refractivity contribution in [3.05, 3.63) is 16.7 Å². The fourth-order valence-electron chi connectivity index (χ4n) is 0.995. The molecule has 1 heterocycles.